The smallest absolute Gasteiger partial charge is 0.118 e. The Morgan fingerprint density at radius 2 is 1.86 bits per heavy atom. The molecule has 1 aromatic carbocycles. The molecule has 1 saturated carbocycles. The number of hydrogen-bond acceptors (Lipinski definition) is 3. The number of rotatable bonds is 9. The molecule has 1 aromatic rings. The molecule has 0 heterocycles. The summed E-state index contributed by atoms with van der Waals surface area (Å²) in [4.78, 5) is 0. The molecule has 0 amide bonds. The largest absolute Gasteiger partial charge is 0.497 e. The van der Waals surface area contributed by atoms with E-state index in [1.54, 1.807) is 7.11 Å². The van der Waals surface area contributed by atoms with Crippen LogP contribution in [0.3, 0.4) is 0 Å². The molecule has 3 heteroatoms. The van der Waals surface area contributed by atoms with E-state index in [1.807, 2.05) is 11.8 Å². The van der Waals surface area contributed by atoms with Crippen molar-refractivity contribution in [2.24, 2.45) is 5.92 Å². The second-order valence-electron chi connectivity index (χ2n) is 6.06. The number of ether oxygens (including phenoxy) is 1. The molecule has 0 radical (unpaired) electrons. The molecule has 0 spiro atoms. The SMILES string of the molecule is CCC(CC)(CNC(c1ccc(OC)cc1)C1CC1)SC. The van der Waals surface area contributed by atoms with Crippen LogP contribution in [0.2, 0.25) is 0 Å². The molecule has 1 fully saturated rings. The Morgan fingerprint density at radius 3 is 2.29 bits per heavy atom. The second kappa shape index (κ2) is 7.55. The molecule has 21 heavy (non-hydrogen) atoms. The molecule has 1 aliphatic carbocycles. The van der Waals surface area contributed by atoms with Crippen LogP contribution in [0.15, 0.2) is 24.3 Å². The monoisotopic (exact) mass is 307 g/mol. The third kappa shape index (κ3) is 4.17. The lowest BCUT2D eigenvalue weighted by atomic mass is 9.98. The zero-order valence-corrected chi connectivity index (χ0v) is 14.6. The van der Waals surface area contributed by atoms with Crippen LogP contribution < -0.4 is 10.1 Å². The van der Waals surface area contributed by atoms with Gasteiger partial charge in [0.1, 0.15) is 5.75 Å². The van der Waals surface area contributed by atoms with E-state index in [4.69, 9.17) is 4.74 Å². The minimum atomic E-state index is 0.375. The normalized spacial score (nSPS) is 16.8. The van der Waals surface area contributed by atoms with E-state index in [0.717, 1.165) is 18.2 Å². The standard InChI is InChI=1S/C18H29NOS/c1-5-18(6-2,21-4)13-19-17(14-7-8-14)15-9-11-16(20-3)12-10-15/h9-12,14,17,19H,5-8,13H2,1-4H3. The molecule has 0 bridgehead atoms. The van der Waals surface area contributed by atoms with Crippen LogP contribution in [0.5, 0.6) is 5.75 Å². The van der Waals surface area contributed by atoms with Gasteiger partial charge in [-0.2, -0.15) is 11.8 Å². The highest BCUT2D eigenvalue weighted by atomic mass is 32.2. The van der Waals surface area contributed by atoms with Crippen LogP contribution >= 0.6 is 11.8 Å². The fourth-order valence-corrected chi connectivity index (χ4v) is 3.76. The lowest BCUT2D eigenvalue weighted by Gasteiger charge is -2.32. The summed E-state index contributed by atoms with van der Waals surface area (Å²) < 4.78 is 5.64. The topological polar surface area (TPSA) is 21.3 Å². The molecule has 2 rings (SSSR count). The Kier molecular flexibility index (Phi) is 6.00. The third-order valence-corrected chi connectivity index (χ3v) is 6.52. The van der Waals surface area contributed by atoms with Gasteiger partial charge in [0, 0.05) is 17.3 Å². The summed E-state index contributed by atoms with van der Waals surface area (Å²) in [6.07, 6.45) is 7.39. The van der Waals surface area contributed by atoms with Crippen LogP contribution in [0.4, 0.5) is 0 Å². The van der Waals surface area contributed by atoms with E-state index >= 15 is 0 Å². The molecule has 0 aromatic heterocycles. The van der Waals surface area contributed by atoms with Crippen molar-refractivity contribution in [1.29, 1.82) is 0 Å². The van der Waals surface area contributed by atoms with Gasteiger partial charge in [-0.1, -0.05) is 26.0 Å². The summed E-state index contributed by atoms with van der Waals surface area (Å²) in [7, 11) is 1.72. The molecular weight excluding hydrogens is 278 g/mol. The third-order valence-electron chi connectivity index (χ3n) is 4.93. The van der Waals surface area contributed by atoms with Crippen molar-refractivity contribution in [3.05, 3.63) is 29.8 Å². The van der Waals surface area contributed by atoms with E-state index in [2.05, 4.69) is 49.7 Å². The van der Waals surface area contributed by atoms with Gasteiger partial charge in [0.25, 0.3) is 0 Å². The summed E-state index contributed by atoms with van der Waals surface area (Å²) >= 11 is 2.01. The van der Waals surface area contributed by atoms with Gasteiger partial charge in [0.2, 0.25) is 0 Å². The molecule has 118 valence electrons. The predicted octanol–water partition coefficient (Wildman–Crippen LogP) is 4.66. The molecule has 2 nitrogen and oxygen atoms in total. The minimum absolute atomic E-state index is 0.375. The van der Waals surface area contributed by atoms with Gasteiger partial charge in [-0.15, -0.1) is 0 Å². The second-order valence-corrected chi connectivity index (χ2v) is 7.34. The lowest BCUT2D eigenvalue weighted by molar-refractivity contribution is 0.409. The first-order chi connectivity index (χ1) is 10.2. The number of methoxy groups -OCH3 is 1. The van der Waals surface area contributed by atoms with Gasteiger partial charge >= 0.3 is 0 Å². The summed E-state index contributed by atoms with van der Waals surface area (Å²) in [6.45, 7) is 5.71. The van der Waals surface area contributed by atoms with Gasteiger partial charge in [0.05, 0.1) is 7.11 Å². The predicted molar refractivity (Wildman–Crippen MR) is 93.3 cm³/mol. The van der Waals surface area contributed by atoms with Gasteiger partial charge in [0.15, 0.2) is 0 Å². The molecular formula is C18H29NOS. The number of nitrogens with one attached hydrogen (secondary N) is 1. The van der Waals surface area contributed by atoms with E-state index < -0.39 is 0 Å². The van der Waals surface area contributed by atoms with Crippen LogP contribution in [-0.2, 0) is 0 Å². The number of thioether (sulfide) groups is 1. The number of benzene rings is 1. The van der Waals surface area contributed by atoms with Crippen molar-refractivity contribution < 1.29 is 4.74 Å². The first kappa shape index (κ1) is 16.7. The summed E-state index contributed by atoms with van der Waals surface area (Å²) in [5.41, 5.74) is 1.40. The fourth-order valence-electron chi connectivity index (χ4n) is 2.95. The highest BCUT2D eigenvalue weighted by molar-refractivity contribution is 8.00. The zero-order valence-electron chi connectivity index (χ0n) is 13.8. The van der Waals surface area contributed by atoms with E-state index in [-0.39, 0.29) is 0 Å². The quantitative estimate of drug-likeness (QED) is 0.717. The highest BCUT2D eigenvalue weighted by Crippen LogP contribution is 2.42. The molecule has 1 atom stereocenters. The Bertz CT molecular complexity index is 415. The van der Waals surface area contributed by atoms with Crippen LogP contribution in [-0.4, -0.2) is 24.7 Å². The first-order valence-corrected chi connectivity index (χ1v) is 9.33. The molecule has 1 unspecified atom stereocenters. The van der Waals surface area contributed by atoms with Gasteiger partial charge in [-0.25, -0.2) is 0 Å². The average molecular weight is 308 g/mol. The maximum Gasteiger partial charge on any atom is 0.118 e. The van der Waals surface area contributed by atoms with Gasteiger partial charge in [-0.05, 0) is 55.6 Å². The van der Waals surface area contributed by atoms with Crippen LogP contribution in [0.1, 0.15) is 51.1 Å². The van der Waals surface area contributed by atoms with Crippen molar-refractivity contribution in [2.45, 2.75) is 50.3 Å². The molecule has 0 aliphatic heterocycles. The van der Waals surface area contributed by atoms with Gasteiger partial charge in [-0.3, -0.25) is 0 Å². The van der Waals surface area contributed by atoms with E-state index in [1.165, 1.54) is 31.2 Å². The molecule has 1 N–H and O–H groups in total. The van der Waals surface area contributed by atoms with Crippen molar-refractivity contribution in [3.8, 4) is 5.75 Å². The Hall–Kier alpha value is -0.670. The summed E-state index contributed by atoms with van der Waals surface area (Å²) in [5.74, 6) is 1.75. The number of hydrogen-bond donors (Lipinski definition) is 1. The Labute approximate surface area is 134 Å². The maximum atomic E-state index is 5.27. The first-order valence-electron chi connectivity index (χ1n) is 8.10. The Balaban J connectivity index is 2.05. The van der Waals surface area contributed by atoms with Crippen molar-refractivity contribution in [3.63, 3.8) is 0 Å². The molecule has 0 saturated heterocycles. The van der Waals surface area contributed by atoms with Crippen LogP contribution in [0.25, 0.3) is 0 Å². The van der Waals surface area contributed by atoms with E-state index in [9.17, 15) is 0 Å². The van der Waals surface area contributed by atoms with Gasteiger partial charge < -0.3 is 10.1 Å². The van der Waals surface area contributed by atoms with Crippen LogP contribution in [0, 0.1) is 5.92 Å². The highest BCUT2D eigenvalue weighted by Gasteiger charge is 2.34. The zero-order chi connectivity index (χ0) is 15.3. The van der Waals surface area contributed by atoms with Crippen molar-refractivity contribution >= 4 is 11.8 Å². The minimum Gasteiger partial charge on any atom is -0.497 e. The average Bonchev–Trinajstić information content (AvgIpc) is 3.37. The fraction of sp³-hybridized carbons (Fsp3) is 0.667. The van der Waals surface area contributed by atoms with E-state index in [0.29, 0.717) is 10.8 Å². The molecule has 1 aliphatic rings. The maximum absolute atomic E-state index is 5.27. The summed E-state index contributed by atoms with van der Waals surface area (Å²) in [6, 6.07) is 9.09. The summed E-state index contributed by atoms with van der Waals surface area (Å²) in [5, 5.41) is 3.87. The van der Waals surface area contributed by atoms with Crippen molar-refractivity contribution in [1.82, 2.24) is 5.32 Å². The van der Waals surface area contributed by atoms with Crippen molar-refractivity contribution in [2.75, 3.05) is 19.9 Å². The lowest BCUT2D eigenvalue weighted by Crippen LogP contribution is -2.39. The Morgan fingerprint density at radius 1 is 1.24 bits per heavy atom.